The Morgan fingerprint density at radius 2 is 1.81 bits per heavy atom. The molecule has 0 aliphatic heterocycles. The molecule has 0 bridgehead atoms. The number of amides is 1. The number of nitrogens with two attached hydrogens (primary N) is 1. The first-order valence-corrected chi connectivity index (χ1v) is 6.84. The highest BCUT2D eigenvalue weighted by molar-refractivity contribution is 5.81. The van der Waals surface area contributed by atoms with Crippen molar-refractivity contribution < 1.29 is 18.0 Å². The number of benzene rings is 1. The van der Waals surface area contributed by atoms with Crippen molar-refractivity contribution in [3.8, 4) is 0 Å². The molecule has 0 aromatic heterocycles. The predicted octanol–water partition coefficient (Wildman–Crippen LogP) is 2.95. The lowest BCUT2D eigenvalue weighted by atomic mass is 10.0. The highest BCUT2D eigenvalue weighted by Gasteiger charge is 2.34. The number of carbonyl (C=O) groups is 1. The van der Waals surface area contributed by atoms with Crippen LogP contribution in [0.4, 0.5) is 13.2 Å². The Hall–Kier alpha value is -1.56. The van der Waals surface area contributed by atoms with Crippen LogP contribution in [0.25, 0.3) is 0 Å². The minimum atomic E-state index is -4.44. The lowest BCUT2D eigenvalue weighted by molar-refractivity contribution is -0.163. The van der Waals surface area contributed by atoms with E-state index in [9.17, 15) is 18.0 Å². The molecule has 0 spiro atoms. The normalized spacial score (nSPS) is 13.3. The Morgan fingerprint density at radius 3 is 2.29 bits per heavy atom. The second kappa shape index (κ2) is 7.45. The van der Waals surface area contributed by atoms with Gasteiger partial charge < -0.3 is 10.6 Å². The number of nitrogens with zero attached hydrogens (tertiary/aromatic N) is 1. The lowest BCUT2D eigenvalue weighted by Crippen LogP contribution is -2.47. The van der Waals surface area contributed by atoms with Crippen molar-refractivity contribution in [2.24, 2.45) is 11.7 Å². The standard InChI is InChI=1S/C15H21F3N2O/c1-11(2)8-13(19)14(21)20(10-15(16,17)18)9-12-6-4-3-5-7-12/h3-7,11,13H,8-10,19H2,1-2H3/t13-/m1/s1. The first kappa shape index (κ1) is 17.5. The van der Waals surface area contributed by atoms with Crippen molar-refractivity contribution in [2.45, 2.75) is 39.0 Å². The van der Waals surface area contributed by atoms with E-state index in [1.807, 2.05) is 13.8 Å². The van der Waals surface area contributed by atoms with Crippen molar-refractivity contribution in [2.75, 3.05) is 6.54 Å². The van der Waals surface area contributed by atoms with E-state index in [2.05, 4.69) is 0 Å². The van der Waals surface area contributed by atoms with Crippen LogP contribution in [-0.2, 0) is 11.3 Å². The van der Waals surface area contributed by atoms with Crippen LogP contribution in [0, 0.1) is 5.92 Å². The number of alkyl halides is 3. The summed E-state index contributed by atoms with van der Waals surface area (Å²) >= 11 is 0. The zero-order valence-corrected chi connectivity index (χ0v) is 12.2. The molecule has 1 atom stereocenters. The molecule has 3 nitrogen and oxygen atoms in total. The Kier molecular flexibility index (Phi) is 6.20. The van der Waals surface area contributed by atoms with Crippen molar-refractivity contribution in [3.05, 3.63) is 35.9 Å². The van der Waals surface area contributed by atoms with Crippen LogP contribution in [0.2, 0.25) is 0 Å². The second-order valence-electron chi connectivity index (χ2n) is 5.53. The van der Waals surface area contributed by atoms with Gasteiger partial charge in [-0.05, 0) is 17.9 Å². The van der Waals surface area contributed by atoms with Gasteiger partial charge in [0.2, 0.25) is 5.91 Å². The van der Waals surface area contributed by atoms with E-state index in [-0.39, 0.29) is 12.5 Å². The molecule has 1 aromatic carbocycles. The van der Waals surface area contributed by atoms with Crippen molar-refractivity contribution >= 4 is 5.91 Å². The molecule has 118 valence electrons. The van der Waals surface area contributed by atoms with Crippen LogP contribution in [-0.4, -0.2) is 29.6 Å². The van der Waals surface area contributed by atoms with Gasteiger partial charge in [-0.1, -0.05) is 44.2 Å². The quantitative estimate of drug-likeness (QED) is 0.878. The van der Waals surface area contributed by atoms with Gasteiger partial charge in [0.05, 0.1) is 6.04 Å². The molecule has 0 heterocycles. The van der Waals surface area contributed by atoms with Crippen LogP contribution >= 0.6 is 0 Å². The highest BCUT2D eigenvalue weighted by Crippen LogP contribution is 2.19. The molecule has 0 aliphatic rings. The van der Waals surface area contributed by atoms with E-state index in [4.69, 9.17) is 5.73 Å². The molecule has 2 N–H and O–H groups in total. The van der Waals surface area contributed by atoms with Crippen LogP contribution in [0.15, 0.2) is 30.3 Å². The Labute approximate surface area is 122 Å². The summed E-state index contributed by atoms with van der Waals surface area (Å²) in [4.78, 5) is 12.9. The third-order valence-corrected chi connectivity index (χ3v) is 2.94. The third kappa shape index (κ3) is 6.62. The second-order valence-corrected chi connectivity index (χ2v) is 5.53. The molecule has 1 amide bonds. The number of carbonyl (C=O) groups excluding carboxylic acids is 1. The molecule has 1 rings (SSSR count). The molecular weight excluding hydrogens is 281 g/mol. The Morgan fingerprint density at radius 1 is 1.24 bits per heavy atom. The van der Waals surface area contributed by atoms with E-state index in [0.717, 1.165) is 4.90 Å². The van der Waals surface area contributed by atoms with E-state index >= 15 is 0 Å². The SMILES string of the molecule is CC(C)C[C@@H](N)C(=O)N(Cc1ccccc1)CC(F)(F)F. The summed E-state index contributed by atoms with van der Waals surface area (Å²) in [6.45, 7) is 2.37. The number of hydrogen-bond acceptors (Lipinski definition) is 2. The molecule has 0 saturated carbocycles. The minimum absolute atomic E-state index is 0.0923. The average molecular weight is 302 g/mol. The molecule has 0 aliphatic carbocycles. The van der Waals surface area contributed by atoms with Crippen molar-refractivity contribution in [3.63, 3.8) is 0 Å². The van der Waals surface area contributed by atoms with Gasteiger partial charge >= 0.3 is 6.18 Å². The highest BCUT2D eigenvalue weighted by atomic mass is 19.4. The third-order valence-electron chi connectivity index (χ3n) is 2.94. The molecule has 21 heavy (non-hydrogen) atoms. The topological polar surface area (TPSA) is 46.3 Å². The monoisotopic (exact) mass is 302 g/mol. The summed E-state index contributed by atoms with van der Waals surface area (Å²) in [6, 6.07) is 7.68. The van der Waals surface area contributed by atoms with Crippen molar-refractivity contribution in [1.82, 2.24) is 4.90 Å². The summed E-state index contributed by atoms with van der Waals surface area (Å²) in [5, 5.41) is 0. The molecule has 0 fully saturated rings. The molecule has 1 aromatic rings. The van der Waals surface area contributed by atoms with Crippen LogP contribution in [0.1, 0.15) is 25.8 Å². The number of rotatable bonds is 6. The van der Waals surface area contributed by atoms with Crippen LogP contribution in [0.3, 0.4) is 0 Å². The number of halogens is 3. The largest absolute Gasteiger partial charge is 0.406 e. The molecular formula is C15H21F3N2O. The molecule has 0 radical (unpaired) electrons. The maximum atomic E-state index is 12.7. The summed E-state index contributed by atoms with van der Waals surface area (Å²) < 4.78 is 38.0. The first-order valence-electron chi connectivity index (χ1n) is 6.84. The number of hydrogen-bond donors (Lipinski definition) is 1. The smallest absolute Gasteiger partial charge is 0.328 e. The van der Waals surface area contributed by atoms with Gasteiger partial charge in [0.15, 0.2) is 0 Å². The molecule has 0 unspecified atom stereocenters. The lowest BCUT2D eigenvalue weighted by Gasteiger charge is -2.27. The van der Waals surface area contributed by atoms with E-state index in [1.54, 1.807) is 30.3 Å². The maximum absolute atomic E-state index is 12.7. The van der Waals surface area contributed by atoms with Crippen LogP contribution in [0.5, 0.6) is 0 Å². The van der Waals surface area contributed by atoms with Gasteiger partial charge in [-0.2, -0.15) is 13.2 Å². The summed E-state index contributed by atoms with van der Waals surface area (Å²) in [5.74, 6) is -0.515. The van der Waals surface area contributed by atoms with Crippen LogP contribution < -0.4 is 5.73 Å². The summed E-state index contributed by atoms with van der Waals surface area (Å²) in [5.41, 5.74) is 6.38. The van der Waals surface area contributed by atoms with Gasteiger partial charge in [0, 0.05) is 6.54 Å². The molecule has 0 saturated heterocycles. The fraction of sp³-hybridized carbons (Fsp3) is 0.533. The first-order chi connectivity index (χ1) is 9.69. The van der Waals surface area contributed by atoms with E-state index in [1.165, 1.54) is 0 Å². The summed E-state index contributed by atoms with van der Waals surface area (Å²) in [6.07, 6.45) is -4.08. The molecule has 6 heteroatoms. The van der Waals surface area contributed by atoms with E-state index < -0.39 is 24.7 Å². The zero-order valence-electron chi connectivity index (χ0n) is 12.2. The van der Waals surface area contributed by atoms with Gasteiger partial charge in [-0.15, -0.1) is 0 Å². The maximum Gasteiger partial charge on any atom is 0.406 e. The predicted molar refractivity (Wildman–Crippen MR) is 75.3 cm³/mol. The Bertz CT molecular complexity index is 446. The van der Waals surface area contributed by atoms with Gasteiger partial charge in [-0.3, -0.25) is 4.79 Å². The van der Waals surface area contributed by atoms with Gasteiger partial charge in [-0.25, -0.2) is 0 Å². The van der Waals surface area contributed by atoms with Gasteiger partial charge in [0.1, 0.15) is 6.54 Å². The minimum Gasteiger partial charge on any atom is -0.328 e. The zero-order chi connectivity index (χ0) is 16.0. The fourth-order valence-electron chi connectivity index (χ4n) is 2.08. The van der Waals surface area contributed by atoms with Gasteiger partial charge in [0.25, 0.3) is 0 Å². The summed E-state index contributed by atoms with van der Waals surface area (Å²) in [7, 11) is 0. The van der Waals surface area contributed by atoms with Crippen molar-refractivity contribution in [1.29, 1.82) is 0 Å². The van der Waals surface area contributed by atoms with E-state index in [0.29, 0.717) is 12.0 Å². The average Bonchev–Trinajstić information content (AvgIpc) is 2.36. The fourth-order valence-corrected chi connectivity index (χ4v) is 2.08. The Balaban J connectivity index is 2.84.